The predicted octanol–water partition coefficient (Wildman–Crippen LogP) is 3.09. The summed E-state index contributed by atoms with van der Waals surface area (Å²) in [4.78, 5) is 0. The third kappa shape index (κ3) is 3.02. The molecular formula is C8H6ClF6N. The van der Waals surface area contributed by atoms with Crippen molar-refractivity contribution in [1.29, 1.82) is 0 Å². The lowest BCUT2D eigenvalue weighted by molar-refractivity contribution is -0.149. The van der Waals surface area contributed by atoms with Gasteiger partial charge in [-0.15, -0.1) is 12.4 Å². The van der Waals surface area contributed by atoms with E-state index in [-0.39, 0.29) is 24.5 Å². The van der Waals surface area contributed by atoms with E-state index in [9.17, 15) is 26.3 Å². The van der Waals surface area contributed by atoms with Crippen LogP contribution in [0.1, 0.15) is 11.6 Å². The monoisotopic (exact) mass is 265 g/mol. The van der Waals surface area contributed by atoms with Gasteiger partial charge in [-0.2, -0.15) is 13.2 Å². The standard InChI is InChI=1S/C8H5F6N.ClH/c9-4-1-3(2-5(10)6(4)11)7(15)8(12,13)14;/h1-2,7H,15H2;1H/t7-;/m1./s1. The lowest BCUT2D eigenvalue weighted by atomic mass is 10.1. The van der Waals surface area contributed by atoms with Gasteiger partial charge >= 0.3 is 6.18 Å². The van der Waals surface area contributed by atoms with Gasteiger partial charge in [0.05, 0.1) is 0 Å². The molecule has 16 heavy (non-hydrogen) atoms. The summed E-state index contributed by atoms with van der Waals surface area (Å²) >= 11 is 0. The van der Waals surface area contributed by atoms with Crippen LogP contribution in [0.25, 0.3) is 0 Å². The highest BCUT2D eigenvalue weighted by Crippen LogP contribution is 2.31. The second-order valence-corrected chi connectivity index (χ2v) is 2.82. The molecule has 0 saturated heterocycles. The van der Waals surface area contributed by atoms with Crippen molar-refractivity contribution in [3.05, 3.63) is 35.1 Å². The maximum absolute atomic E-state index is 12.6. The second kappa shape index (κ2) is 4.92. The molecule has 0 bridgehead atoms. The zero-order valence-electron chi connectivity index (χ0n) is 7.49. The Hall–Kier alpha value is -0.950. The number of alkyl halides is 3. The Balaban J connectivity index is 0.00000225. The van der Waals surface area contributed by atoms with Gasteiger partial charge in [-0.05, 0) is 17.7 Å². The van der Waals surface area contributed by atoms with Crippen molar-refractivity contribution in [2.24, 2.45) is 5.73 Å². The number of hydrogen-bond acceptors (Lipinski definition) is 1. The molecule has 0 unspecified atom stereocenters. The summed E-state index contributed by atoms with van der Waals surface area (Å²) in [5, 5.41) is 0. The largest absolute Gasteiger partial charge is 0.407 e. The van der Waals surface area contributed by atoms with Crippen LogP contribution in [0.5, 0.6) is 0 Å². The molecule has 0 saturated carbocycles. The fourth-order valence-corrected chi connectivity index (χ4v) is 0.944. The van der Waals surface area contributed by atoms with E-state index >= 15 is 0 Å². The number of halogens is 7. The molecule has 0 aromatic heterocycles. The quantitative estimate of drug-likeness (QED) is 0.613. The highest BCUT2D eigenvalue weighted by molar-refractivity contribution is 5.85. The van der Waals surface area contributed by atoms with Gasteiger partial charge in [0, 0.05) is 0 Å². The van der Waals surface area contributed by atoms with E-state index < -0.39 is 35.2 Å². The van der Waals surface area contributed by atoms with Gasteiger partial charge in [-0.1, -0.05) is 0 Å². The molecule has 0 aliphatic heterocycles. The van der Waals surface area contributed by atoms with Crippen molar-refractivity contribution in [3.8, 4) is 0 Å². The van der Waals surface area contributed by atoms with Crippen LogP contribution in [0.3, 0.4) is 0 Å². The van der Waals surface area contributed by atoms with Crippen LogP contribution < -0.4 is 5.73 Å². The fraction of sp³-hybridized carbons (Fsp3) is 0.250. The average Bonchev–Trinajstić information content (AvgIpc) is 2.10. The van der Waals surface area contributed by atoms with Gasteiger partial charge in [-0.3, -0.25) is 0 Å². The van der Waals surface area contributed by atoms with Gasteiger partial charge in [-0.25, -0.2) is 13.2 Å². The zero-order chi connectivity index (χ0) is 11.8. The summed E-state index contributed by atoms with van der Waals surface area (Å²) in [6.45, 7) is 0. The minimum Gasteiger partial charge on any atom is -0.316 e. The molecule has 1 nitrogen and oxygen atoms in total. The number of rotatable bonds is 1. The third-order valence-electron chi connectivity index (χ3n) is 1.72. The minimum absolute atomic E-state index is 0. The van der Waals surface area contributed by atoms with E-state index in [0.29, 0.717) is 0 Å². The first-order valence-electron chi connectivity index (χ1n) is 3.70. The van der Waals surface area contributed by atoms with Gasteiger partial charge in [0.15, 0.2) is 17.5 Å². The molecule has 1 aromatic rings. The summed E-state index contributed by atoms with van der Waals surface area (Å²) in [5.41, 5.74) is 3.82. The summed E-state index contributed by atoms with van der Waals surface area (Å²) in [6, 6.07) is -2.10. The normalized spacial score (nSPS) is 13.2. The average molecular weight is 266 g/mol. The smallest absolute Gasteiger partial charge is 0.316 e. The first-order chi connectivity index (χ1) is 6.73. The topological polar surface area (TPSA) is 26.0 Å². The molecule has 0 aliphatic carbocycles. The fourth-order valence-electron chi connectivity index (χ4n) is 0.944. The van der Waals surface area contributed by atoms with Gasteiger partial charge in [0.25, 0.3) is 0 Å². The summed E-state index contributed by atoms with van der Waals surface area (Å²) in [5.74, 6) is -5.23. The summed E-state index contributed by atoms with van der Waals surface area (Å²) < 4.78 is 73.6. The molecule has 0 heterocycles. The third-order valence-corrected chi connectivity index (χ3v) is 1.72. The van der Waals surface area contributed by atoms with E-state index in [0.717, 1.165) is 0 Å². The lowest BCUT2D eigenvalue weighted by Gasteiger charge is -2.15. The Bertz CT molecular complexity index is 354. The van der Waals surface area contributed by atoms with E-state index in [1.807, 2.05) is 0 Å². The number of nitrogens with two attached hydrogens (primary N) is 1. The van der Waals surface area contributed by atoms with Crippen LogP contribution in [0.2, 0.25) is 0 Å². The molecule has 1 atom stereocenters. The van der Waals surface area contributed by atoms with Crippen molar-refractivity contribution >= 4 is 12.4 Å². The van der Waals surface area contributed by atoms with E-state index in [2.05, 4.69) is 5.73 Å². The molecule has 0 fully saturated rings. The Labute approximate surface area is 92.6 Å². The highest BCUT2D eigenvalue weighted by Gasteiger charge is 2.38. The molecule has 1 aromatic carbocycles. The zero-order valence-corrected chi connectivity index (χ0v) is 8.30. The summed E-state index contributed by atoms with van der Waals surface area (Å²) in [7, 11) is 0. The van der Waals surface area contributed by atoms with Crippen molar-refractivity contribution in [2.75, 3.05) is 0 Å². The van der Waals surface area contributed by atoms with Gasteiger partial charge < -0.3 is 5.73 Å². The van der Waals surface area contributed by atoms with Crippen molar-refractivity contribution in [1.82, 2.24) is 0 Å². The Morgan fingerprint density at radius 2 is 1.38 bits per heavy atom. The van der Waals surface area contributed by atoms with Crippen molar-refractivity contribution < 1.29 is 26.3 Å². The van der Waals surface area contributed by atoms with Crippen LogP contribution in [0.15, 0.2) is 12.1 Å². The van der Waals surface area contributed by atoms with Crippen molar-refractivity contribution in [3.63, 3.8) is 0 Å². The minimum atomic E-state index is -4.84. The van der Waals surface area contributed by atoms with E-state index in [1.54, 1.807) is 0 Å². The molecular weight excluding hydrogens is 260 g/mol. The van der Waals surface area contributed by atoms with E-state index in [1.165, 1.54) is 0 Å². The number of hydrogen-bond donors (Lipinski definition) is 1. The molecule has 0 amide bonds. The maximum Gasteiger partial charge on any atom is 0.407 e. The molecule has 92 valence electrons. The molecule has 1 rings (SSSR count). The molecule has 0 radical (unpaired) electrons. The maximum atomic E-state index is 12.6. The van der Waals surface area contributed by atoms with Crippen LogP contribution in [0.4, 0.5) is 26.3 Å². The number of benzene rings is 1. The SMILES string of the molecule is Cl.N[C@H](c1cc(F)c(F)c(F)c1)C(F)(F)F. The van der Waals surface area contributed by atoms with Crippen LogP contribution >= 0.6 is 12.4 Å². The van der Waals surface area contributed by atoms with Crippen LogP contribution in [0, 0.1) is 17.5 Å². The van der Waals surface area contributed by atoms with Crippen LogP contribution in [-0.4, -0.2) is 6.18 Å². The Morgan fingerprint density at radius 1 is 1.00 bits per heavy atom. The Kier molecular flexibility index (Phi) is 4.63. The molecule has 0 spiro atoms. The van der Waals surface area contributed by atoms with E-state index in [4.69, 9.17) is 0 Å². The van der Waals surface area contributed by atoms with Gasteiger partial charge in [0.1, 0.15) is 6.04 Å². The van der Waals surface area contributed by atoms with Gasteiger partial charge in [0.2, 0.25) is 0 Å². The first kappa shape index (κ1) is 15.0. The molecule has 8 heteroatoms. The highest BCUT2D eigenvalue weighted by atomic mass is 35.5. The first-order valence-corrected chi connectivity index (χ1v) is 3.70. The van der Waals surface area contributed by atoms with Crippen LogP contribution in [-0.2, 0) is 0 Å². The molecule has 0 aliphatic rings. The lowest BCUT2D eigenvalue weighted by Crippen LogP contribution is -2.28. The molecule has 2 N–H and O–H groups in total. The summed E-state index contributed by atoms with van der Waals surface area (Å²) in [6.07, 6.45) is -4.84. The Morgan fingerprint density at radius 3 is 1.69 bits per heavy atom. The second-order valence-electron chi connectivity index (χ2n) is 2.82. The van der Waals surface area contributed by atoms with Crippen molar-refractivity contribution in [2.45, 2.75) is 12.2 Å². The predicted molar refractivity (Wildman–Crippen MR) is 46.5 cm³/mol.